The summed E-state index contributed by atoms with van der Waals surface area (Å²) in [4.78, 5) is 16.5. The summed E-state index contributed by atoms with van der Waals surface area (Å²) in [5.41, 5.74) is 2.29. The Kier molecular flexibility index (Phi) is 8.32. The van der Waals surface area contributed by atoms with Crippen molar-refractivity contribution in [2.75, 3.05) is 66.0 Å². The number of hydrogen-bond donors (Lipinski definition) is 0. The number of ether oxygens (including phenoxy) is 1. The second-order valence-corrected chi connectivity index (χ2v) is 10.5. The maximum Gasteiger partial charge on any atom is 0.282 e. The molecule has 0 aromatic heterocycles. The SMILES string of the molecule is Cc1ccc(C)c(OCCCCC(=O)N2CCN(S(=O)(=O)N3CCN(C)CC3)CC2)c1. The molecular formula is C22H36N4O4S. The molecule has 2 heterocycles. The second kappa shape index (κ2) is 10.8. The van der Waals surface area contributed by atoms with Crippen molar-refractivity contribution in [3.63, 3.8) is 0 Å². The molecule has 9 heteroatoms. The molecule has 0 radical (unpaired) electrons. The van der Waals surface area contributed by atoms with Crippen LogP contribution in [0.1, 0.15) is 30.4 Å². The standard InChI is InChI=1S/C22H36N4O4S/c1-19-7-8-20(2)21(18-19)30-17-5-4-6-22(27)24-11-15-26(16-12-24)31(28,29)25-13-9-23(3)10-14-25/h7-8,18H,4-6,9-17H2,1-3H3. The van der Waals surface area contributed by atoms with Gasteiger partial charge in [0, 0.05) is 58.8 Å². The lowest BCUT2D eigenvalue weighted by molar-refractivity contribution is -0.132. The number of carbonyl (C=O) groups excluding carboxylic acids is 1. The first-order valence-corrected chi connectivity index (χ1v) is 12.6. The van der Waals surface area contributed by atoms with Gasteiger partial charge in [-0.15, -0.1) is 0 Å². The smallest absolute Gasteiger partial charge is 0.282 e. The third-order valence-electron chi connectivity index (χ3n) is 6.09. The van der Waals surface area contributed by atoms with Crippen LogP contribution in [0.4, 0.5) is 0 Å². The van der Waals surface area contributed by atoms with Gasteiger partial charge in [-0.2, -0.15) is 17.0 Å². The molecule has 0 spiro atoms. The van der Waals surface area contributed by atoms with E-state index in [0.29, 0.717) is 52.3 Å². The van der Waals surface area contributed by atoms with Crippen LogP contribution in [0.25, 0.3) is 0 Å². The Balaban J connectivity index is 1.36. The van der Waals surface area contributed by atoms with Crippen molar-refractivity contribution < 1.29 is 17.9 Å². The highest BCUT2D eigenvalue weighted by molar-refractivity contribution is 7.86. The Morgan fingerprint density at radius 2 is 1.55 bits per heavy atom. The molecule has 2 aliphatic heterocycles. The molecule has 1 aromatic carbocycles. The van der Waals surface area contributed by atoms with Gasteiger partial charge in [0.15, 0.2) is 0 Å². The molecule has 31 heavy (non-hydrogen) atoms. The van der Waals surface area contributed by atoms with E-state index in [-0.39, 0.29) is 5.91 Å². The van der Waals surface area contributed by atoms with E-state index in [1.165, 1.54) is 9.87 Å². The van der Waals surface area contributed by atoms with Crippen LogP contribution in [0.5, 0.6) is 5.75 Å². The minimum Gasteiger partial charge on any atom is -0.493 e. The Morgan fingerprint density at radius 3 is 2.19 bits per heavy atom. The summed E-state index contributed by atoms with van der Waals surface area (Å²) in [5, 5.41) is 0. The van der Waals surface area contributed by atoms with Crippen molar-refractivity contribution >= 4 is 16.1 Å². The van der Waals surface area contributed by atoms with Gasteiger partial charge in [-0.1, -0.05) is 12.1 Å². The molecule has 174 valence electrons. The summed E-state index contributed by atoms with van der Waals surface area (Å²) < 4.78 is 34.6. The lowest BCUT2D eigenvalue weighted by Crippen LogP contribution is -2.57. The number of likely N-dealkylation sites (N-methyl/N-ethyl adjacent to an activating group) is 1. The number of amides is 1. The molecule has 8 nitrogen and oxygen atoms in total. The highest BCUT2D eigenvalue weighted by atomic mass is 32.2. The Labute approximate surface area is 186 Å². The molecule has 0 aliphatic carbocycles. The van der Waals surface area contributed by atoms with E-state index in [1.807, 2.05) is 27.0 Å². The second-order valence-electron chi connectivity index (χ2n) is 8.56. The van der Waals surface area contributed by atoms with E-state index in [4.69, 9.17) is 4.74 Å². The average molecular weight is 453 g/mol. The summed E-state index contributed by atoms with van der Waals surface area (Å²) in [6.07, 6.45) is 2.06. The predicted octanol–water partition coefficient (Wildman–Crippen LogP) is 1.49. The van der Waals surface area contributed by atoms with Gasteiger partial charge in [0.05, 0.1) is 6.61 Å². The first-order chi connectivity index (χ1) is 14.8. The lowest BCUT2D eigenvalue weighted by atomic mass is 10.1. The van der Waals surface area contributed by atoms with Gasteiger partial charge in [-0.25, -0.2) is 0 Å². The zero-order valence-corrected chi connectivity index (χ0v) is 19.9. The van der Waals surface area contributed by atoms with Crippen LogP contribution in [0, 0.1) is 13.8 Å². The zero-order valence-electron chi connectivity index (χ0n) is 19.0. The number of carbonyl (C=O) groups is 1. The van der Waals surface area contributed by atoms with E-state index in [2.05, 4.69) is 17.0 Å². The third-order valence-corrected chi connectivity index (χ3v) is 8.13. The van der Waals surface area contributed by atoms with Crippen LogP contribution in [0.3, 0.4) is 0 Å². The number of unbranched alkanes of at least 4 members (excludes halogenated alkanes) is 1. The molecule has 0 unspecified atom stereocenters. The zero-order chi connectivity index (χ0) is 22.4. The van der Waals surface area contributed by atoms with Crippen molar-refractivity contribution in [2.45, 2.75) is 33.1 Å². The van der Waals surface area contributed by atoms with Crippen molar-refractivity contribution in [1.29, 1.82) is 0 Å². The summed E-state index contributed by atoms with van der Waals surface area (Å²) in [6, 6.07) is 6.16. The van der Waals surface area contributed by atoms with Crippen molar-refractivity contribution in [3.8, 4) is 5.75 Å². The van der Waals surface area contributed by atoms with Gasteiger partial charge in [0.25, 0.3) is 10.2 Å². The third kappa shape index (κ3) is 6.41. The van der Waals surface area contributed by atoms with Crippen molar-refractivity contribution in [2.24, 2.45) is 0 Å². The molecule has 2 fully saturated rings. The van der Waals surface area contributed by atoms with Crippen LogP contribution >= 0.6 is 0 Å². The lowest BCUT2D eigenvalue weighted by Gasteiger charge is -2.39. The van der Waals surface area contributed by atoms with Crippen molar-refractivity contribution in [3.05, 3.63) is 29.3 Å². The predicted molar refractivity (Wildman–Crippen MR) is 121 cm³/mol. The van der Waals surface area contributed by atoms with Gasteiger partial charge >= 0.3 is 0 Å². The normalized spacial score (nSPS) is 19.5. The van der Waals surface area contributed by atoms with E-state index in [0.717, 1.165) is 37.2 Å². The van der Waals surface area contributed by atoms with E-state index >= 15 is 0 Å². The summed E-state index contributed by atoms with van der Waals surface area (Å²) in [7, 11) is -1.43. The van der Waals surface area contributed by atoms with Gasteiger partial charge in [-0.05, 0) is 50.9 Å². The van der Waals surface area contributed by atoms with Crippen LogP contribution < -0.4 is 4.74 Å². The highest BCUT2D eigenvalue weighted by Crippen LogP contribution is 2.20. The minimum absolute atomic E-state index is 0.100. The minimum atomic E-state index is -3.43. The Hall–Kier alpha value is -1.68. The number of aryl methyl sites for hydroxylation is 2. The Bertz CT molecular complexity index is 845. The maximum absolute atomic E-state index is 12.8. The molecule has 2 aliphatic rings. The molecular weight excluding hydrogens is 416 g/mol. The van der Waals surface area contributed by atoms with Gasteiger partial charge in [0.1, 0.15) is 5.75 Å². The fraction of sp³-hybridized carbons (Fsp3) is 0.682. The number of nitrogens with zero attached hydrogens (tertiary/aromatic N) is 4. The van der Waals surface area contributed by atoms with Crippen LogP contribution in [0.15, 0.2) is 18.2 Å². The monoisotopic (exact) mass is 452 g/mol. The highest BCUT2D eigenvalue weighted by Gasteiger charge is 2.34. The Morgan fingerprint density at radius 1 is 0.935 bits per heavy atom. The van der Waals surface area contributed by atoms with Crippen LogP contribution in [0.2, 0.25) is 0 Å². The molecule has 0 saturated carbocycles. The summed E-state index contributed by atoms with van der Waals surface area (Å²) in [6.45, 7) is 8.90. The van der Waals surface area contributed by atoms with Gasteiger partial charge in [-0.3, -0.25) is 4.79 Å². The molecule has 1 aromatic rings. The summed E-state index contributed by atoms with van der Waals surface area (Å²) in [5.74, 6) is 1.01. The topological polar surface area (TPSA) is 73.4 Å². The van der Waals surface area contributed by atoms with E-state index < -0.39 is 10.2 Å². The molecule has 0 atom stereocenters. The van der Waals surface area contributed by atoms with E-state index in [1.54, 1.807) is 9.21 Å². The van der Waals surface area contributed by atoms with Crippen molar-refractivity contribution in [1.82, 2.24) is 18.4 Å². The van der Waals surface area contributed by atoms with Crippen LogP contribution in [-0.2, 0) is 15.0 Å². The first-order valence-electron chi connectivity index (χ1n) is 11.2. The van der Waals surface area contributed by atoms with E-state index in [9.17, 15) is 13.2 Å². The molecule has 2 saturated heterocycles. The molecule has 1 amide bonds. The fourth-order valence-corrected chi connectivity index (χ4v) is 5.51. The summed E-state index contributed by atoms with van der Waals surface area (Å²) >= 11 is 0. The van der Waals surface area contributed by atoms with Gasteiger partial charge in [0.2, 0.25) is 5.91 Å². The number of piperazine rings is 2. The number of benzene rings is 1. The van der Waals surface area contributed by atoms with Gasteiger partial charge < -0.3 is 14.5 Å². The largest absolute Gasteiger partial charge is 0.493 e. The maximum atomic E-state index is 12.8. The molecule has 0 N–H and O–H groups in total. The number of rotatable bonds is 8. The quantitative estimate of drug-likeness (QED) is 0.559. The average Bonchev–Trinajstić information content (AvgIpc) is 2.76. The molecule has 3 rings (SSSR count). The number of hydrogen-bond acceptors (Lipinski definition) is 5. The van der Waals surface area contributed by atoms with Crippen LogP contribution in [-0.4, -0.2) is 98.7 Å². The molecule has 0 bridgehead atoms. The fourth-order valence-electron chi connectivity index (χ4n) is 3.93. The first kappa shape index (κ1) is 24.0.